The van der Waals surface area contributed by atoms with E-state index in [0.29, 0.717) is 25.1 Å². The van der Waals surface area contributed by atoms with Gasteiger partial charge in [-0.1, -0.05) is 0 Å². The highest BCUT2D eigenvalue weighted by Crippen LogP contribution is 2.17. The number of nitrogens with two attached hydrogens (primary N) is 1. The Bertz CT molecular complexity index is 391. The Labute approximate surface area is 108 Å². The molecule has 1 aromatic carbocycles. The first-order chi connectivity index (χ1) is 8.36. The Morgan fingerprint density at radius 1 is 1.28 bits per heavy atom. The van der Waals surface area contributed by atoms with Gasteiger partial charge in [0, 0.05) is 12.1 Å². The molecule has 0 bridgehead atoms. The van der Waals surface area contributed by atoms with E-state index in [9.17, 15) is 8.78 Å². The van der Waals surface area contributed by atoms with Gasteiger partial charge in [-0.15, -0.1) is 0 Å². The van der Waals surface area contributed by atoms with Crippen LogP contribution in [0.2, 0.25) is 0 Å². The molecule has 0 spiro atoms. The highest BCUT2D eigenvalue weighted by Gasteiger charge is 2.22. The molecule has 2 N–H and O–H groups in total. The molecule has 0 aliphatic carbocycles. The quantitative estimate of drug-likeness (QED) is 0.847. The van der Waals surface area contributed by atoms with Crippen LogP contribution in [0.25, 0.3) is 0 Å². The average Bonchev–Trinajstić information content (AvgIpc) is 2.29. The fraction of sp³-hybridized carbons (Fsp3) is 0.571. The number of rotatable bonds is 6. The van der Waals surface area contributed by atoms with Crippen molar-refractivity contribution in [1.29, 1.82) is 0 Å². The molecule has 0 fully saturated rings. The van der Waals surface area contributed by atoms with Gasteiger partial charge >= 0.3 is 0 Å². The molecule has 0 aliphatic rings. The second kappa shape index (κ2) is 6.25. The Morgan fingerprint density at radius 2 is 1.94 bits per heavy atom. The molecule has 0 saturated carbocycles. The fourth-order valence-electron chi connectivity index (χ4n) is 1.87. The largest absolute Gasteiger partial charge is 0.330 e. The number of benzene rings is 1. The first kappa shape index (κ1) is 15.1. The van der Waals surface area contributed by atoms with E-state index in [1.54, 1.807) is 0 Å². The molecule has 0 atom stereocenters. The fourth-order valence-corrected chi connectivity index (χ4v) is 1.87. The summed E-state index contributed by atoms with van der Waals surface area (Å²) >= 11 is 0. The monoisotopic (exact) mass is 256 g/mol. The van der Waals surface area contributed by atoms with Gasteiger partial charge in [0.05, 0.1) is 0 Å². The predicted molar refractivity (Wildman–Crippen MR) is 70.4 cm³/mol. The van der Waals surface area contributed by atoms with Gasteiger partial charge in [-0.05, 0) is 64.0 Å². The van der Waals surface area contributed by atoms with E-state index in [-0.39, 0.29) is 11.4 Å². The van der Waals surface area contributed by atoms with Gasteiger partial charge in [-0.2, -0.15) is 0 Å². The molecule has 4 heteroatoms. The normalized spacial score (nSPS) is 12.2. The van der Waals surface area contributed by atoms with Crippen molar-refractivity contribution in [3.05, 3.63) is 35.4 Å². The van der Waals surface area contributed by atoms with Gasteiger partial charge in [0.2, 0.25) is 0 Å². The minimum absolute atomic E-state index is 0.0292. The van der Waals surface area contributed by atoms with Crippen LogP contribution in [-0.2, 0) is 6.42 Å². The molecule has 2 nitrogen and oxygen atoms in total. The zero-order valence-electron chi connectivity index (χ0n) is 11.3. The van der Waals surface area contributed by atoms with Crippen LogP contribution < -0.4 is 5.73 Å². The van der Waals surface area contributed by atoms with Crippen LogP contribution in [0.15, 0.2) is 18.2 Å². The van der Waals surface area contributed by atoms with E-state index in [1.165, 1.54) is 12.1 Å². The zero-order valence-corrected chi connectivity index (χ0v) is 11.3. The molecular weight excluding hydrogens is 234 g/mol. The first-order valence-electron chi connectivity index (χ1n) is 6.22. The van der Waals surface area contributed by atoms with Gasteiger partial charge in [-0.25, -0.2) is 8.78 Å². The minimum Gasteiger partial charge on any atom is -0.330 e. The molecule has 0 aromatic heterocycles. The second-order valence-electron chi connectivity index (χ2n) is 5.26. The second-order valence-corrected chi connectivity index (χ2v) is 5.26. The third-order valence-corrected chi connectivity index (χ3v) is 3.51. The number of hydrogen-bond acceptors (Lipinski definition) is 2. The molecule has 18 heavy (non-hydrogen) atoms. The standard InChI is InChI=1S/C14H22F2N2/c1-14(2,7-8-17)18(3)9-6-11-10-12(15)4-5-13(11)16/h4-5,10H,6-9,17H2,1-3H3. The molecular formula is C14H22F2N2. The zero-order chi connectivity index (χ0) is 13.8. The Hall–Kier alpha value is -1.00. The van der Waals surface area contributed by atoms with Crippen molar-refractivity contribution in [2.45, 2.75) is 32.2 Å². The van der Waals surface area contributed by atoms with E-state index in [4.69, 9.17) is 5.73 Å². The maximum atomic E-state index is 13.5. The lowest BCUT2D eigenvalue weighted by molar-refractivity contribution is 0.149. The van der Waals surface area contributed by atoms with Gasteiger partial charge in [0.15, 0.2) is 0 Å². The van der Waals surface area contributed by atoms with E-state index in [1.807, 2.05) is 7.05 Å². The summed E-state index contributed by atoms with van der Waals surface area (Å²) < 4.78 is 26.5. The van der Waals surface area contributed by atoms with Crippen LogP contribution in [0, 0.1) is 11.6 Å². The molecule has 0 aliphatic heterocycles. The summed E-state index contributed by atoms with van der Waals surface area (Å²) in [5.74, 6) is -0.739. The van der Waals surface area contributed by atoms with Crippen molar-refractivity contribution in [1.82, 2.24) is 4.90 Å². The Kier molecular flexibility index (Phi) is 5.23. The summed E-state index contributed by atoms with van der Waals surface area (Å²) in [5, 5.41) is 0. The van der Waals surface area contributed by atoms with Crippen LogP contribution in [0.3, 0.4) is 0 Å². The molecule has 0 saturated heterocycles. The van der Waals surface area contributed by atoms with E-state index in [0.717, 1.165) is 12.5 Å². The van der Waals surface area contributed by atoms with Crippen LogP contribution in [0.4, 0.5) is 8.78 Å². The minimum atomic E-state index is -0.393. The smallest absolute Gasteiger partial charge is 0.126 e. The van der Waals surface area contributed by atoms with Gasteiger partial charge < -0.3 is 10.6 Å². The van der Waals surface area contributed by atoms with E-state index >= 15 is 0 Å². The van der Waals surface area contributed by atoms with Crippen LogP contribution >= 0.6 is 0 Å². The predicted octanol–water partition coefficient (Wildman–Crippen LogP) is 2.57. The lowest BCUT2D eigenvalue weighted by Crippen LogP contribution is -2.43. The highest BCUT2D eigenvalue weighted by molar-refractivity contribution is 5.19. The molecule has 0 amide bonds. The van der Waals surface area contributed by atoms with Crippen LogP contribution in [-0.4, -0.2) is 30.6 Å². The summed E-state index contributed by atoms with van der Waals surface area (Å²) in [6, 6.07) is 3.58. The topological polar surface area (TPSA) is 29.3 Å². The van der Waals surface area contributed by atoms with Gasteiger partial charge in [0.1, 0.15) is 11.6 Å². The van der Waals surface area contributed by atoms with E-state index in [2.05, 4.69) is 18.7 Å². The molecule has 0 heterocycles. The number of likely N-dealkylation sites (N-methyl/N-ethyl adjacent to an activating group) is 1. The van der Waals surface area contributed by atoms with Gasteiger partial charge in [-0.3, -0.25) is 0 Å². The Balaban J connectivity index is 2.62. The summed E-state index contributed by atoms with van der Waals surface area (Å²) in [5.41, 5.74) is 5.96. The van der Waals surface area contributed by atoms with Crippen LogP contribution in [0.5, 0.6) is 0 Å². The maximum absolute atomic E-state index is 13.5. The van der Waals surface area contributed by atoms with Crippen molar-refractivity contribution in [3.8, 4) is 0 Å². The maximum Gasteiger partial charge on any atom is 0.126 e. The SMILES string of the molecule is CN(CCc1cc(F)ccc1F)C(C)(C)CCN. The summed E-state index contributed by atoms with van der Waals surface area (Å²) in [6.07, 6.45) is 1.36. The van der Waals surface area contributed by atoms with Crippen molar-refractivity contribution >= 4 is 0 Å². The summed E-state index contributed by atoms with van der Waals surface area (Å²) in [4.78, 5) is 2.13. The van der Waals surface area contributed by atoms with Gasteiger partial charge in [0.25, 0.3) is 0 Å². The van der Waals surface area contributed by atoms with Crippen LogP contribution in [0.1, 0.15) is 25.8 Å². The van der Waals surface area contributed by atoms with Crippen molar-refractivity contribution in [3.63, 3.8) is 0 Å². The third kappa shape index (κ3) is 4.03. The lowest BCUT2D eigenvalue weighted by Gasteiger charge is -2.35. The van der Waals surface area contributed by atoms with Crippen molar-refractivity contribution < 1.29 is 8.78 Å². The molecule has 102 valence electrons. The summed E-state index contributed by atoms with van der Waals surface area (Å²) in [7, 11) is 1.98. The Morgan fingerprint density at radius 3 is 2.56 bits per heavy atom. The summed E-state index contributed by atoms with van der Waals surface area (Å²) in [6.45, 7) is 5.49. The number of hydrogen-bond donors (Lipinski definition) is 1. The average molecular weight is 256 g/mol. The van der Waals surface area contributed by atoms with Crippen molar-refractivity contribution in [2.24, 2.45) is 5.73 Å². The molecule has 1 rings (SSSR count). The molecule has 0 unspecified atom stereocenters. The molecule has 1 aromatic rings. The number of halogens is 2. The first-order valence-corrected chi connectivity index (χ1v) is 6.22. The van der Waals surface area contributed by atoms with E-state index < -0.39 is 5.82 Å². The highest BCUT2D eigenvalue weighted by atomic mass is 19.1. The van der Waals surface area contributed by atoms with Crippen molar-refractivity contribution in [2.75, 3.05) is 20.1 Å². The lowest BCUT2D eigenvalue weighted by atomic mass is 9.98. The molecule has 0 radical (unpaired) electrons. The number of nitrogens with zero attached hydrogens (tertiary/aromatic N) is 1. The third-order valence-electron chi connectivity index (χ3n) is 3.51.